The first-order valence-corrected chi connectivity index (χ1v) is 8.97. The highest BCUT2D eigenvalue weighted by Gasteiger charge is 2.15. The number of nitrogens with one attached hydrogen (secondary N) is 1. The number of benzene rings is 1. The number of nitrogens with zero attached hydrogens (tertiary/aromatic N) is 2. The predicted molar refractivity (Wildman–Crippen MR) is 106 cm³/mol. The van der Waals surface area contributed by atoms with E-state index in [1.807, 2.05) is 43.5 Å². The van der Waals surface area contributed by atoms with Gasteiger partial charge in [-0.3, -0.25) is 9.59 Å². The van der Waals surface area contributed by atoms with Gasteiger partial charge in [-0.05, 0) is 37.1 Å². The molecule has 0 spiro atoms. The van der Waals surface area contributed by atoms with E-state index in [2.05, 4.69) is 11.9 Å². The van der Waals surface area contributed by atoms with E-state index in [1.165, 1.54) is 0 Å². The third-order valence-electron chi connectivity index (χ3n) is 4.58. The third kappa shape index (κ3) is 3.29. The van der Waals surface area contributed by atoms with Crippen LogP contribution in [0.4, 0.5) is 0 Å². The lowest BCUT2D eigenvalue weighted by Crippen LogP contribution is -2.22. The fraction of sp³-hybridized carbons (Fsp3) is 0.333. The molecule has 0 aliphatic heterocycles. The molecular weight excluding hydrogens is 326 g/mol. The van der Waals surface area contributed by atoms with Crippen molar-refractivity contribution in [2.45, 2.75) is 33.2 Å². The number of aromatic nitrogens is 2. The summed E-state index contributed by atoms with van der Waals surface area (Å²) in [7, 11) is 3.49. The van der Waals surface area contributed by atoms with Crippen LogP contribution in [-0.2, 0) is 6.54 Å². The summed E-state index contributed by atoms with van der Waals surface area (Å²) in [6.07, 6.45) is 3.90. The summed E-state index contributed by atoms with van der Waals surface area (Å²) in [5.74, 6) is -0.0346. The fourth-order valence-electron chi connectivity index (χ4n) is 3.20. The van der Waals surface area contributed by atoms with Crippen molar-refractivity contribution < 1.29 is 4.79 Å². The van der Waals surface area contributed by atoms with Gasteiger partial charge in [0.1, 0.15) is 5.52 Å². The molecule has 2 heterocycles. The highest BCUT2D eigenvalue weighted by molar-refractivity contribution is 5.98. The Labute approximate surface area is 153 Å². The van der Waals surface area contributed by atoms with E-state index in [0.717, 1.165) is 35.0 Å². The highest BCUT2D eigenvalue weighted by Crippen LogP contribution is 2.28. The highest BCUT2D eigenvalue weighted by atomic mass is 16.2. The summed E-state index contributed by atoms with van der Waals surface area (Å²) in [4.78, 5) is 29.9. The molecule has 0 saturated carbocycles. The number of carbonyl (C=O) groups excluding carboxylic acids is 1. The van der Waals surface area contributed by atoms with E-state index in [4.69, 9.17) is 0 Å². The number of aryl methyl sites for hydroxylation is 2. The lowest BCUT2D eigenvalue weighted by Gasteiger charge is -2.13. The fourth-order valence-corrected chi connectivity index (χ4v) is 3.20. The number of hydrogen-bond donors (Lipinski definition) is 1. The van der Waals surface area contributed by atoms with Crippen molar-refractivity contribution in [3.63, 3.8) is 0 Å². The molecule has 0 aliphatic carbocycles. The number of unbranched alkanes of at least 4 members (excludes halogenated alkanes) is 1. The van der Waals surface area contributed by atoms with E-state index in [1.54, 1.807) is 23.6 Å². The Morgan fingerprint density at radius 3 is 2.69 bits per heavy atom. The van der Waals surface area contributed by atoms with Crippen molar-refractivity contribution in [3.8, 4) is 11.1 Å². The van der Waals surface area contributed by atoms with Gasteiger partial charge in [0.2, 0.25) is 0 Å². The van der Waals surface area contributed by atoms with Crippen LogP contribution in [0.15, 0.2) is 41.3 Å². The molecule has 26 heavy (non-hydrogen) atoms. The Balaban J connectivity index is 2.21. The van der Waals surface area contributed by atoms with Gasteiger partial charge in [-0.2, -0.15) is 0 Å². The summed E-state index contributed by atoms with van der Waals surface area (Å²) in [6.45, 7) is 4.75. The van der Waals surface area contributed by atoms with Crippen LogP contribution in [0.25, 0.3) is 22.0 Å². The average molecular weight is 351 g/mol. The molecule has 3 rings (SSSR count). The number of hydrogen-bond acceptors (Lipinski definition) is 2. The van der Waals surface area contributed by atoms with Crippen molar-refractivity contribution in [1.82, 2.24) is 14.5 Å². The second kappa shape index (κ2) is 7.20. The number of H-pyrrole nitrogens is 1. The van der Waals surface area contributed by atoms with Crippen molar-refractivity contribution in [2.24, 2.45) is 0 Å². The number of pyridine rings is 1. The number of rotatable bonds is 5. The second-order valence-corrected chi connectivity index (χ2v) is 6.92. The maximum Gasteiger partial charge on any atom is 0.274 e. The molecular formula is C21H25N3O2. The van der Waals surface area contributed by atoms with E-state index in [-0.39, 0.29) is 11.5 Å². The van der Waals surface area contributed by atoms with Crippen LogP contribution in [0.3, 0.4) is 0 Å². The summed E-state index contributed by atoms with van der Waals surface area (Å²) < 4.78 is 1.78. The minimum atomic E-state index is -0.0346. The Kier molecular flexibility index (Phi) is 4.98. The molecule has 0 bridgehead atoms. The molecule has 0 unspecified atom stereocenters. The van der Waals surface area contributed by atoms with Gasteiger partial charge in [0, 0.05) is 49.0 Å². The molecule has 0 saturated heterocycles. The van der Waals surface area contributed by atoms with E-state index >= 15 is 0 Å². The van der Waals surface area contributed by atoms with Crippen LogP contribution in [0.2, 0.25) is 0 Å². The molecule has 1 amide bonds. The summed E-state index contributed by atoms with van der Waals surface area (Å²) in [5.41, 5.74) is 4.12. The number of amides is 1. The van der Waals surface area contributed by atoms with Crippen molar-refractivity contribution in [1.29, 1.82) is 0 Å². The van der Waals surface area contributed by atoms with Gasteiger partial charge in [0.05, 0.1) is 0 Å². The molecule has 1 aromatic carbocycles. The van der Waals surface area contributed by atoms with E-state index in [9.17, 15) is 9.59 Å². The van der Waals surface area contributed by atoms with E-state index in [0.29, 0.717) is 17.6 Å². The molecule has 0 fully saturated rings. The Hall–Kier alpha value is -2.82. The van der Waals surface area contributed by atoms with Gasteiger partial charge in [-0.15, -0.1) is 0 Å². The molecule has 5 heteroatoms. The van der Waals surface area contributed by atoms with Gasteiger partial charge >= 0.3 is 0 Å². The minimum absolute atomic E-state index is 0.00539. The van der Waals surface area contributed by atoms with Crippen molar-refractivity contribution in [3.05, 3.63) is 58.1 Å². The molecule has 3 aromatic rings. The maximum atomic E-state index is 12.8. The van der Waals surface area contributed by atoms with Crippen LogP contribution in [-0.4, -0.2) is 34.5 Å². The van der Waals surface area contributed by atoms with Crippen LogP contribution < -0.4 is 5.56 Å². The predicted octanol–water partition coefficient (Wildman–Crippen LogP) is 3.81. The molecule has 0 atom stereocenters. The zero-order chi connectivity index (χ0) is 18.8. The smallest absolute Gasteiger partial charge is 0.274 e. The number of fused-ring (bicyclic) bond motifs is 1. The molecule has 136 valence electrons. The quantitative estimate of drug-likeness (QED) is 0.760. The SMILES string of the molecule is CCCCn1cc(-c2cccc(C(=O)N(C)C)c2)c2cc(C)[nH]c2c1=O. The first-order chi connectivity index (χ1) is 12.4. The topological polar surface area (TPSA) is 58.1 Å². The lowest BCUT2D eigenvalue weighted by atomic mass is 10.0. The number of aromatic amines is 1. The first-order valence-electron chi connectivity index (χ1n) is 8.97. The van der Waals surface area contributed by atoms with Gasteiger partial charge in [0.25, 0.3) is 11.5 Å². The largest absolute Gasteiger partial charge is 0.354 e. The first kappa shape index (κ1) is 18.0. The molecule has 1 N–H and O–H groups in total. The van der Waals surface area contributed by atoms with Crippen LogP contribution in [0, 0.1) is 6.92 Å². The van der Waals surface area contributed by atoms with Crippen molar-refractivity contribution >= 4 is 16.8 Å². The summed E-state index contributed by atoms with van der Waals surface area (Å²) in [5, 5.41) is 0.898. The van der Waals surface area contributed by atoms with E-state index < -0.39 is 0 Å². The Bertz CT molecular complexity index is 1010. The lowest BCUT2D eigenvalue weighted by molar-refractivity contribution is 0.0827. The second-order valence-electron chi connectivity index (χ2n) is 6.92. The molecule has 5 nitrogen and oxygen atoms in total. The van der Waals surface area contributed by atoms with Gasteiger partial charge in [-0.1, -0.05) is 25.5 Å². The molecule has 0 aliphatic rings. The van der Waals surface area contributed by atoms with Gasteiger partial charge in [0.15, 0.2) is 0 Å². The van der Waals surface area contributed by atoms with Crippen molar-refractivity contribution in [2.75, 3.05) is 14.1 Å². The van der Waals surface area contributed by atoms with Gasteiger partial charge in [-0.25, -0.2) is 0 Å². The molecule has 2 aromatic heterocycles. The average Bonchev–Trinajstić information content (AvgIpc) is 3.02. The number of carbonyl (C=O) groups is 1. The van der Waals surface area contributed by atoms with Crippen LogP contribution >= 0.6 is 0 Å². The van der Waals surface area contributed by atoms with Gasteiger partial charge < -0.3 is 14.5 Å². The Morgan fingerprint density at radius 1 is 1.23 bits per heavy atom. The third-order valence-corrected chi connectivity index (χ3v) is 4.58. The zero-order valence-electron chi connectivity index (χ0n) is 15.8. The normalized spacial score (nSPS) is 11.1. The summed E-state index contributed by atoms with van der Waals surface area (Å²) >= 11 is 0. The van der Waals surface area contributed by atoms with Crippen LogP contribution in [0.5, 0.6) is 0 Å². The standard InChI is InChI=1S/C21H25N3O2/c1-5-6-10-24-13-18(17-11-14(2)22-19(17)21(24)26)15-8-7-9-16(12-15)20(25)23(3)4/h7-9,11-13,22H,5-6,10H2,1-4H3. The Morgan fingerprint density at radius 2 is 2.00 bits per heavy atom. The summed E-state index contributed by atoms with van der Waals surface area (Å²) in [6, 6.07) is 9.58. The monoisotopic (exact) mass is 351 g/mol. The maximum absolute atomic E-state index is 12.8. The van der Waals surface area contributed by atoms with Crippen LogP contribution in [0.1, 0.15) is 35.8 Å². The zero-order valence-corrected chi connectivity index (χ0v) is 15.8. The minimum Gasteiger partial charge on any atom is -0.354 e. The molecule has 0 radical (unpaired) electrons.